The zero-order valence-electron chi connectivity index (χ0n) is 14.5. The van der Waals surface area contributed by atoms with Gasteiger partial charge in [0.05, 0.1) is 9.85 Å². The van der Waals surface area contributed by atoms with Crippen molar-refractivity contribution in [2.24, 2.45) is 0 Å². The van der Waals surface area contributed by atoms with Gasteiger partial charge in [-0.1, -0.05) is 0 Å². The van der Waals surface area contributed by atoms with Crippen molar-refractivity contribution in [2.45, 2.75) is 19.3 Å². The van der Waals surface area contributed by atoms with Crippen molar-refractivity contribution >= 4 is 16.9 Å². The van der Waals surface area contributed by atoms with Crippen molar-refractivity contribution in [3.63, 3.8) is 0 Å². The van der Waals surface area contributed by atoms with Gasteiger partial charge < -0.3 is 4.90 Å². The van der Waals surface area contributed by atoms with Crippen LogP contribution >= 0.6 is 0 Å². The molecule has 0 unspecified atom stereocenters. The second-order valence-corrected chi connectivity index (χ2v) is 6.32. The standard InChI is InChI=1S/C19H18FN3O4/c20-19(21-12-2-1-3-13-21)18(14-4-8-16(9-5-14)22(24)25)15-6-10-17(11-7-15)23(26)27/h4-11H,1-3,12-13H2. The Morgan fingerprint density at radius 1 is 0.778 bits per heavy atom. The summed E-state index contributed by atoms with van der Waals surface area (Å²) in [6.45, 7) is 1.19. The summed E-state index contributed by atoms with van der Waals surface area (Å²) in [6, 6.07) is 11.3. The molecule has 0 radical (unpaired) electrons. The van der Waals surface area contributed by atoms with E-state index in [9.17, 15) is 20.2 Å². The van der Waals surface area contributed by atoms with E-state index in [4.69, 9.17) is 0 Å². The van der Waals surface area contributed by atoms with Crippen molar-refractivity contribution in [3.8, 4) is 0 Å². The van der Waals surface area contributed by atoms with E-state index in [1.165, 1.54) is 48.5 Å². The van der Waals surface area contributed by atoms with Gasteiger partial charge in [0.1, 0.15) is 0 Å². The third-order valence-electron chi connectivity index (χ3n) is 4.57. The minimum absolute atomic E-state index is 0.0832. The van der Waals surface area contributed by atoms with Gasteiger partial charge in [0, 0.05) is 42.9 Å². The maximum absolute atomic E-state index is 15.4. The van der Waals surface area contributed by atoms with Crippen LogP contribution in [0, 0.1) is 20.2 Å². The molecule has 1 heterocycles. The maximum atomic E-state index is 15.4. The lowest BCUT2D eigenvalue weighted by molar-refractivity contribution is -0.385. The lowest BCUT2D eigenvalue weighted by atomic mass is 9.97. The Labute approximate surface area is 155 Å². The molecular formula is C19H18FN3O4. The predicted octanol–water partition coefficient (Wildman–Crippen LogP) is 4.68. The summed E-state index contributed by atoms with van der Waals surface area (Å²) in [5, 5.41) is 21.8. The monoisotopic (exact) mass is 371 g/mol. The zero-order chi connectivity index (χ0) is 19.4. The van der Waals surface area contributed by atoms with Gasteiger partial charge >= 0.3 is 0 Å². The first kappa shape index (κ1) is 18.5. The van der Waals surface area contributed by atoms with Crippen LogP contribution < -0.4 is 0 Å². The number of hydrogen-bond donors (Lipinski definition) is 0. The maximum Gasteiger partial charge on any atom is 0.269 e. The lowest BCUT2D eigenvalue weighted by Gasteiger charge is -2.28. The normalized spacial score (nSPS) is 13.9. The van der Waals surface area contributed by atoms with E-state index in [0.29, 0.717) is 24.2 Å². The number of nitro benzene ring substituents is 2. The molecule has 2 aromatic carbocycles. The van der Waals surface area contributed by atoms with E-state index in [1.54, 1.807) is 4.90 Å². The quantitative estimate of drug-likeness (QED) is 0.433. The highest BCUT2D eigenvalue weighted by molar-refractivity contribution is 5.81. The number of nitrogens with zero attached hydrogens (tertiary/aromatic N) is 3. The fourth-order valence-electron chi connectivity index (χ4n) is 3.15. The van der Waals surface area contributed by atoms with Crippen molar-refractivity contribution < 1.29 is 14.2 Å². The fraction of sp³-hybridized carbons (Fsp3) is 0.263. The molecule has 0 saturated carbocycles. The highest BCUT2D eigenvalue weighted by Gasteiger charge is 2.21. The number of non-ortho nitro benzene ring substituents is 2. The van der Waals surface area contributed by atoms with Crippen LogP contribution in [0.3, 0.4) is 0 Å². The van der Waals surface area contributed by atoms with E-state index in [2.05, 4.69) is 0 Å². The Hall–Kier alpha value is -3.29. The van der Waals surface area contributed by atoms with Gasteiger partial charge in [-0.05, 0) is 54.7 Å². The summed E-state index contributed by atoms with van der Waals surface area (Å²) in [6.07, 6.45) is 2.83. The number of nitro groups is 2. The molecule has 0 aliphatic carbocycles. The molecule has 1 aliphatic rings. The molecule has 0 N–H and O–H groups in total. The van der Waals surface area contributed by atoms with Crippen LogP contribution in [0.1, 0.15) is 30.4 Å². The third kappa shape index (κ3) is 4.11. The number of halogens is 1. The summed E-state index contributed by atoms with van der Waals surface area (Å²) in [5.41, 5.74) is 1.08. The van der Waals surface area contributed by atoms with Crippen molar-refractivity contribution in [3.05, 3.63) is 85.8 Å². The van der Waals surface area contributed by atoms with E-state index in [1.807, 2.05) is 0 Å². The minimum Gasteiger partial charge on any atom is -0.348 e. The molecule has 3 rings (SSSR count). The van der Waals surface area contributed by atoms with Crippen LogP contribution in [0.2, 0.25) is 0 Å². The Kier molecular flexibility index (Phi) is 5.44. The van der Waals surface area contributed by atoms with Crippen LogP contribution in [0.4, 0.5) is 15.8 Å². The molecule has 1 saturated heterocycles. The largest absolute Gasteiger partial charge is 0.348 e. The van der Waals surface area contributed by atoms with Gasteiger partial charge in [-0.2, -0.15) is 4.39 Å². The van der Waals surface area contributed by atoms with Crippen molar-refractivity contribution in [2.75, 3.05) is 13.1 Å². The SMILES string of the molecule is O=[N+]([O-])c1ccc(C(=C(F)N2CCCCC2)c2ccc([N+](=O)[O-])cc2)cc1. The van der Waals surface area contributed by atoms with Gasteiger partial charge in [0.25, 0.3) is 11.4 Å². The molecule has 2 aromatic rings. The van der Waals surface area contributed by atoms with Crippen molar-refractivity contribution in [1.29, 1.82) is 0 Å². The molecule has 27 heavy (non-hydrogen) atoms. The van der Waals surface area contributed by atoms with E-state index in [0.717, 1.165) is 19.3 Å². The molecule has 0 atom stereocenters. The lowest BCUT2D eigenvalue weighted by Crippen LogP contribution is -2.28. The molecule has 0 spiro atoms. The summed E-state index contributed by atoms with van der Waals surface area (Å²) >= 11 is 0. The number of likely N-dealkylation sites (tertiary alicyclic amines) is 1. The number of piperidine rings is 1. The zero-order valence-corrected chi connectivity index (χ0v) is 14.5. The van der Waals surface area contributed by atoms with Gasteiger partial charge in [-0.25, -0.2) is 0 Å². The van der Waals surface area contributed by atoms with Gasteiger partial charge in [-0.15, -0.1) is 0 Å². The van der Waals surface area contributed by atoms with Gasteiger partial charge in [0.2, 0.25) is 0 Å². The van der Waals surface area contributed by atoms with E-state index in [-0.39, 0.29) is 16.9 Å². The first-order valence-corrected chi connectivity index (χ1v) is 8.62. The summed E-state index contributed by atoms with van der Waals surface area (Å²) in [5.74, 6) is -0.419. The summed E-state index contributed by atoms with van der Waals surface area (Å²) < 4.78 is 15.4. The summed E-state index contributed by atoms with van der Waals surface area (Å²) in [4.78, 5) is 22.4. The Morgan fingerprint density at radius 3 is 1.56 bits per heavy atom. The van der Waals surface area contributed by atoms with E-state index >= 15 is 4.39 Å². The number of benzene rings is 2. The first-order valence-electron chi connectivity index (χ1n) is 8.62. The molecule has 0 aromatic heterocycles. The average molecular weight is 371 g/mol. The molecule has 1 aliphatic heterocycles. The highest BCUT2D eigenvalue weighted by Crippen LogP contribution is 2.32. The highest BCUT2D eigenvalue weighted by atomic mass is 19.1. The van der Waals surface area contributed by atoms with E-state index < -0.39 is 15.8 Å². The Bertz CT molecular complexity index is 813. The second-order valence-electron chi connectivity index (χ2n) is 6.32. The predicted molar refractivity (Wildman–Crippen MR) is 98.7 cm³/mol. The first-order chi connectivity index (χ1) is 13.0. The molecule has 0 bridgehead atoms. The van der Waals surface area contributed by atoms with Crippen LogP contribution in [-0.2, 0) is 0 Å². The smallest absolute Gasteiger partial charge is 0.269 e. The number of rotatable bonds is 5. The molecular weight excluding hydrogens is 353 g/mol. The third-order valence-corrected chi connectivity index (χ3v) is 4.57. The van der Waals surface area contributed by atoms with Crippen LogP contribution in [0.15, 0.2) is 54.5 Å². The summed E-state index contributed by atoms with van der Waals surface area (Å²) in [7, 11) is 0. The fourth-order valence-corrected chi connectivity index (χ4v) is 3.15. The van der Waals surface area contributed by atoms with Crippen LogP contribution in [0.25, 0.3) is 5.57 Å². The average Bonchev–Trinajstić information content (AvgIpc) is 2.69. The van der Waals surface area contributed by atoms with Crippen molar-refractivity contribution in [1.82, 2.24) is 4.90 Å². The Morgan fingerprint density at radius 2 is 1.19 bits per heavy atom. The minimum atomic E-state index is -0.514. The molecule has 140 valence electrons. The number of hydrogen-bond acceptors (Lipinski definition) is 5. The van der Waals surface area contributed by atoms with Crippen LogP contribution in [-0.4, -0.2) is 27.8 Å². The topological polar surface area (TPSA) is 89.5 Å². The van der Waals surface area contributed by atoms with Gasteiger partial charge in [-0.3, -0.25) is 20.2 Å². The molecule has 0 amide bonds. The van der Waals surface area contributed by atoms with Crippen LogP contribution in [0.5, 0.6) is 0 Å². The molecule has 1 fully saturated rings. The second kappa shape index (κ2) is 7.94. The van der Waals surface area contributed by atoms with Gasteiger partial charge in [0.15, 0.2) is 5.95 Å². The Balaban J connectivity index is 2.07. The molecule has 8 heteroatoms. The molecule has 7 nitrogen and oxygen atoms in total.